The lowest BCUT2D eigenvalue weighted by molar-refractivity contribution is 0.182. The molecule has 110 valence electrons. The maximum absolute atomic E-state index is 6.31. The average molecular weight is 316 g/mol. The van der Waals surface area contributed by atoms with Crippen molar-refractivity contribution in [2.24, 2.45) is 0 Å². The van der Waals surface area contributed by atoms with Gasteiger partial charge in [0.05, 0.1) is 46.7 Å². The molecule has 0 saturated carbocycles. The Bertz CT molecular complexity index is 556. The summed E-state index contributed by atoms with van der Waals surface area (Å²) >= 11 is 7.70. The molecule has 2 heterocycles. The summed E-state index contributed by atoms with van der Waals surface area (Å²) in [7, 11) is 3.57. The highest BCUT2D eigenvalue weighted by Crippen LogP contribution is 2.31. The molecule has 0 aliphatic heterocycles. The Morgan fingerprint density at radius 2 is 2.35 bits per heavy atom. The summed E-state index contributed by atoms with van der Waals surface area (Å²) in [5, 5.41) is 12.4. The maximum Gasteiger partial charge on any atom is 0.0890 e. The maximum atomic E-state index is 6.31. The van der Waals surface area contributed by atoms with Crippen LogP contribution in [0.25, 0.3) is 0 Å². The van der Waals surface area contributed by atoms with Gasteiger partial charge in [-0.15, -0.1) is 5.10 Å². The molecule has 0 radical (unpaired) electrons. The van der Waals surface area contributed by atoms with Crippen LogP contribution in [0, 0.1) is 0 Å². The van der Waals surface area contributed by atoms with Crippen LogP contribution in [0.2, 0.25) is 5.02 Å². The molecular formula is C12H18ClN5OS. The monoisotopic (exact) mass is 315 g/mol. The second-order valence-electron chi connectivity index (χ2n) is 4.25. The van der Waals surface area contributed by atoms with Crippen molar-refractivity contribution in [3.8, 4) is 0 Å². The van der Waals surface area contributed by atoms with E-state index in [1.807, 2.05) is 11.7 Å². The van der Waals surface area contributed by atoms with Gasteiger partial charge >= 0.3 is 0 Å². The third-order valence-electron chi connectivity index (χ3n) is 3.08. The zero-order valence-corrected chi connectivity index (χ0v) is 13.3. The summed E-state index contributed by atoms with van der Waals surface area (Å²) in [4.78, 5) is 1.08. The second kappa shape index (κ2) is 7.12. The van der Waals surface area contributed by atoms with E-state index in [1.165, 1.54) is 11.5 Å². The lowest BCUT2D eigenvalue weighted by atomic mass is 10.1. The molecule has 20 heavy (non-hydrogen) atoms. The van der Waals surface area contributed by atoms with E-state index < -0.39 is 0 Å². The van der Waals surface area contributed by atoms with Crippen LogP contribution >= 0.6 is 23.1 Å². The Kier molecular flexibility index (Phi) is 5.47. The normalized spacial score (nSPS) is 12.8. The molecule has 2 aromatic heterocycles. The molecule has 8 heteroatoms. The molecule has 0 bridgehead atoms. The largest absolute Gasteiger partial charge is 0.383 e. The molecule has 0 fully saturated rings. The van der Waals surface area contributed by atoms with E-state index in [4.69, 9.17) is 16.3 Å². The summed E-state index contributed by atoms with van der Waals surface area (Å²) in [6.07, 6.45) is 2.50. The van der Waals surface area contributed by atoms with E-state index in [0.717, 1.165) is 22.7 Å². The fourth-order valence-corrected chi connectivity index (χ4v) is 3.19. The van der Waals surface area contributed by atoms with Gasteiger partial charge in [-0.25, -0.2) is 0 Å². The number of aryl methyl sites for hydroxylation is 1. The summed E-state index contributed by atoms with van der Waals surface area (Å²) in [6, 6.07) is -0.0585. The second-order valence-corrected chi connectivity index (χ2v) is 5.45. The molecular weight excluding hydrogens is 298 g/mol. The van der Waals surface area contributed by atoms with Gasteiger partial charge in [-0.2, -0.15) is 5.10 Å². The zero-order valence-electron chi connectivity index (χ0n) is 11.8. The SMILES string of the molecule is CCc1nnsc1C(NC)c1c(Cl)cnn1CCOC. The Morgan fingerprint density at radius 3 is 3.00 bits per heavy atom. The predicted octanol–water partition coefficient (Wildman–Crippen LogP) is 1.91. The molecule has 0 saturated heterocycles. The highest BCUT2D eigenvalue weighted by molar-refractivity contribution is 7.05. The first kappa shape index (κ1) is 15.4. The van der Waals surface area contributed by atoms with Gasteiger partial charge in [0.25, 0.3) is 0 Å². The van der Waals surface area contributed by atoms with Gasteiger partial charge in [-0.1, -0.05) is 23.0 Å². The van der Waals surface area contributed by atoms with Crippen molar-refractivity contribution in [1.29, 1.82) is 0 Å². The van der Waals surface area contributed by atoms with Crippen LogP contribution in [0.5, 0.6) is 0 Å². The molecule has 1 atom stereocenters. The van der Waals surface area contributed by atoms with Gasteiger partial charge in [0.15, 0.2) is 0 Å². The van der Waals surface area contributed by atoms with Crippen LogP contribution in [-0.2, 0) is 17.7 Å². The third kappa shape index (κ3) is 3.01. The molecule has 6 nitrogen and oxygen atoms in total. The molecule has 2 rings (SSSR count). The minimum absolute atomic E-state index is 0.0585. The molecule has 1 N–H and O–H groups in total. The van der Waals surface area contributed by atoms with Crippen LogP contribution in [-0.4, -0.2) is 40.1 Å². The van der Waals surface area contributed by atoms with Crippen molar-refractivity contribution in [1.82, 2.24) is 24.7 Å². The fraction of sp³-hybridized carbons (Fsp3) is 0.583. The van der Waals surface area contributed by atoms with Crippen LogP contribution < -0.4 is 5.32 Å². The number of ether oxygens (including phenoxy) is 1. The Balaban J connectivity index is 2.39. The summed E-state index contributed by atoms with van der Waals surface area (Å²) in [5.74, 6) is 0. The van der Waals surface area contributed by atoms with E-state index in [-0.39, 0.29) is 6.04 Å². The number of nitrogens with zero attached hydrogens (tertiary/aromatic N) is 4. The first-order chi connectivity index (χ1) is 9.72. The van der Waals surface area contributed by atoms with Crippen molar-refractivity contribution in [3.05, 3.63) is 27.5 Å². The number of hydrogen-bond donors (Lipinski definition) is 1. The molecule has 1 unspecified atom stereocenters. The first-order valence-corrected chi connectivity index (χ1v) is 7.56. The highest BCUT2D eigenvalue weighted by Gasteiger charge is 2.25. The van der Waals surface area contributed by atoms with Crippen molar-refractivity contribution >= 4 is 23.1 Å². The van der Waals surface area contributed by atoms with Crippen LogP contribution in [0.1, 0.15) is 29.2 Å². The topological polar surface area (TPSA) is 64.9 Å². The van der Waals surface area contributed by atoms with Gasteiger partial charge in [0.2, 0.25) is 0 Å². The van der Waals surface area contributed by atoms with Crippen molar-refractivity contribution < 1.29 is 4.74 Å². The number of nitrogens with one attached hydrogen (secondary N) is 1. The Labute approximate surface area is 127 Å². The van der Waals surface area contributed by atoms with Crippen molar-refractivity contribution in [2.45, 2.75) is 25.9 Å². The minimum atomic E-state index is -0.0585. The van der Waals surface area contributed by atoms with Gasteiger partial charge in [-0.05, 0) is 25.0 Å². The summed E-state index contributed by atoms with van der Waals surface area (Å²) < 4.78 is 11.0. The lowest BCUT2D eigenvalue weighted by Crippen LogP contribution is -2.23. The molecule has 0 aliphatic carbocycles. The van der Waals surface area contributed by atoms with Crippen LogP contribution in [0.4, 0.5) is 0 Å². The molecule has 0 aliphatic rings. The van der Waals surface area contributed by atoms with Gasteiger partial charge in [0, 0.05) is 7.11 Å². The average Bonchev–Trinajstić information content (AvgIpc) is 3.06. The molecule has 0 aromatic carbocycles. The van der Waals surface area contributed by atoms with E-state index in [1.54, 1.807) is 13.3 Å². The van der Waals surface area contributed by atoms with E-state index in [2.05, 4.69) is 26.9 Å². The first-order valence-electron chi connectivity index (χ1n) is 6.41. The van der Waals surface area contributed by atoms with Crippen molar-refractivity contribution in [2.75, 3.05) is 20.8 Å². The summed E-state index contributed by atoms with van der Waals surface area (Å²) in [5.41, 5.74) is 1.91. The van der Waals surface area contributed by atoms with Gasteiger partial charge in [-0.3, -0.25) is 4.68 Å². The van der Waals surface area contributed by atoms with E-state index in [0.29, 0.717) is 18.2 Å². The lowest BCUT2D eigenvalue weighted by Gasteiger charge is -2.17. The highest BCUT2D eigenvalue weighted by atomic mass is 35.5. The van der Waals surface area contributed by atoms with Gasteiger partial charge in [0.1, 0.15) is 0 Å². The van der Waals surface area contributed by atoms with E-state index in [9.17, 15) is 0 Å². The molecule has 0 amide bonds. The number of methoxy groups -OCH3 is 1. The standard InChI is InChI=1S/C12H18ClN5OS/c1-4-9-12(20-17-16-9)10(14-2)11-8(13)7-15-18(11)5-6-19-3/h7,10,14H,4-6H2,1-3H3. The number of hydrogen-bond acceptors (Lipinski definition) is 6. The Hall–Kier alpha value is -1.02. The minimum Gasteiger partial charge on any atom is -0.383 e. The zero-order chi connectivity index (χ0) is 14.5. The van der Waals surface area contributed by atoms with Crippen LogP contribution in [0.3, 0.4) is 0 Å². The predicted molar refractivity (Wildman–Crippen MR) is 79.3 cm³/mol. The number of aromatic nitrogens is 4. The summed E-state index contributed by atoms with van der Waals surface area (Å²) in [6.45, 7) is 3.31. The number of halogens is 1. The van der Waals surface area contributed by atoms with E-state index >= 15 is 0 Å². The molecule has 0 spiro atoms. The quantitative estimate of drug-likeness (QED) is 0.845. The third-order valence-corrected chi connectivity index (χ3v) is 4.21. The molecule has 2 aromatic rings. The number of rotatable bonds is 7. The smallest absolute Gasteiger partial charge is 0.0890 e. The van der Waals surface area contributed by atoms with Crippen LogP contribution in [0.15, 0.2) is 6.20 Å². The Morgan fingerprint density at radius 1 is 1.55 bits per heavy atom. The fourth-order valence-electron chi connectivity index (χ4n) is 2.09. The van der Waals surface area contributed by atoms with Crippen molar-refractivity contribution in [3.63, 3.8) is 0 Å². The van der Waals surface area contributed by atoms with Gasteiger partial charge < -0.3 is 10.1 Å².